The summed E-state index contributed by atoms with van der Waals surface area (Å²) in [5.74, 6) is -0.248. The molecule has 0 radical (unpaired) electrons. The molecule has 0 fully saturated rings. The van der Waals surface area contributed by atoms with Crippen molar-refractivity contribution in [2.75, 3.05) is 5.32 Å². The highest BCUT2D eigenvalue weighted by Gasteiger charge is 2.19. The first-order valence-corrected chi connectivity index (χ1v) is 8.60. The summed E-state index contributed by atoms with van der Waals surface area (Å²) in [6.45, 7) is 4.68. The fourth-order valence-electron chi connectivity index (χ4n) is 1.99. The number of anilines is 1. The number of amides is 1. The highest BCUT2D eigenvalue weighted by molar-refractivity contribution is 8.00. The molecule has 1 atom stereocenters. The van der Waals surface area contributed by atoms with Crippen LogP contribution in [0.5, 0.6) is 0 Å². The van der Waals surface area contributed by atoms with Crippen LogP contribution < -0.4 is 5.32 Å². The summed E-state index contributed by atoms with van der Waals surface area (Å²) in [5, 5.41) is 13.9. The second kappa shape index (κ2) is 8.16. The van der Waals surface area contributed by atoms with E-state index in [1.54, 1.807) is 13.1 Å². The molecule has 0 aliphatic heterocycles. The molecule has 2 aromatic rings. The van der Waals surface area contributed by atoms with E-state index in [0.717, 1.165) is 18.1 Å². The molecule has 0 aliphatic rings. The fraction of sp³-hybridized carbons (Fsp3) is 0.333. The maximum Gasteiger partial charge on any atom is 0.271 e. The number of nitro groups is 1. The molecule has 1 unspecified atom stereocenters. The number of nitrogens with one attached hydrogen (secondary N) is 1. The summed E-state index contributed by atoms with van der Waals surface area (Å²) in [7, 11) is 0. The number of imidazole rings is 1. The molecule has 24 heavy (non-hydrogen) atoms. The van der Waals surface area contributed by atoms with Gasteiger partial charge < -0.3 is 9.88 Å². The lowest BCUT2D eigenvalue weighted by molar-refractivity contribution is -0.384. The van der Waals surface area contributed by atoms with Gasteiger partial charge in [-0.25, -0.2) is 4.98 Å². The number of rotatable bonds is 7. The van der Waals surface area contributed by atoms with Crippen LogP contribution >= 0.6 is 23.4 Å². The molecule has 0 bridgehead atoms. The molecule has 0 saturated heterocycles. The molecule has 1 aromatic carbocycles. The quantitative estimate of drug-likeness (QED) is 0.453. The Kier molecular flexibility index (Phi) is 6.22. The lowest BCUT2D eigenvalue weighted by Gasteiger charge is -2.13. The van der Waals surface area contributed by atoms with Gasteiger partial charge in [0.25, 0.3) is 5.69 Å². The highest BCUT2D eigenvalue weighted by atomic mass is 35.5. The smallest absolute Gasteiger partial charge is 0.271 e. The summed E-state index contributed by atoms with van der Waals surface area (Å²) in [6.07, 6.45) is 4.56. The third-order valence-corrected chi connectivity index (χ3v) is 4.65. The summed E-state index contributed by atoms with van der Waals surface area (Å²) in [4.78, 5) is 26.7. The van der Waals surface area contributed by atoms with Crippen LogP contribution in [0.1, 0.15) is 20.3 Å². The molecule has 2 rings (SSSR count). The van der Waals surface area contributed by atoms with Crippen molar-refractivity contribution in [3.8, 4) is 0 Å². The van der Waals surface area contributed by atoms with Gasteiger partial charge in [-0.15, -0.1) is 0 Å². The third-order valence-electron chi connectivity index (χ3n) is 3.21. The van der Waals surface area contributed by atoms with Gasteiger partial charge >= 0.3 is 0 Å². The number of aromatic nitrogens is 2. The van der Waals surface area contributed by atoms with Crippen molar-refractivity contribution in [2.45, 2.75) is 37.2 Å². The number of halogens is 1. The van der Waals surface area contributed by atoms with Gasteiger partial charge in [0.1, 0.15) is 0 Å². The van der Waals surface area contributed by atoms with Crippen LogP contribution in [0, 0.1) is 10.1 Å². The van der Waals surface area contributed by atoms with Gasteiger partial charge in [-0.1, -0.05) is 30.3 Å². The van der Waals surface area contributed by atoms with E-state index in [0.29, 0.717) is 5.69 Å². The van der Waals surface area contributed by atoms with Crippen molar-refractivity contribution in [1.82, 2.24) is 9.55 Å². The van der Waals surface area contributed by atoms with Gasteiger partial charge in [-0.05, 0) is 19.4 Å². The molecule has 0 spiro atoms. The zero-order valence-corrected chi connectivity index (χ0v) is 14.8. The summed E-state index contributed by atoms with van der Waals surface area (Å²) in [6, 6.07) is 3.93. The SMILES string of the molecule is CCCn1ccnc1SC(C)C(=O)Nc1ccc([N+](=O)[O-])cc1Cl. The summed E-state index contributed by atoms with van der Waals surface area (Å²) in [5.41, 5.74) is 0.221. The Hall–Kier alpha value is -2.06. The Bertz CT molecular complexity index is 750. The molecule has 0 aliphatic carbocycles. The van der Waals surface area contributed by atoms with E-state index >= 15 is 0 Å². The van der Waals surface area contributed by atoms with Crippen LogP contribution in [0.25, 0.3) is 0 Å². The number of aryl methyl sites for hydroxylation is 1. The second-order valence-corrected chi connectivity index (χ2v) is 6.79. The Labute approximate surface area is 148 Å². The topological polar surface area (TPSA) is 90.1 Å². The van der Waals surface area contributed by atoms with Crippen LogP contribution in [-0.4, -0.2) is 25.6 Å². The third kappa shape index (κ3) is 4.48. The number of thioether (sulfide) groups is 1. The first-order chi connectivity index (χ1) is 11.4. The highest BCUT2D eigenvalue weighted by Crippen LogP contribution is 2.28. The number of carbonyl (C=O) groups excluding carboxylic acids is 1. The van der Waals surface area contributed by atoms with E-state index in [4.69, 9.17) is 11.6 Å². The predicted octanol–water partition coefficient (Wildman–Crippen LogP) is 3.97. The molecule has 128 valence electrons. The predicted molar refractivity (Wildman–Crippen MR) is 94.6 cm³/mol. The van der Waals surface area contributed by atoms with Gasteiger partial charge in [0, 0.05) is 31.1 Å². The molecule has 7 nitrogen and oxygen atoms in total. The molecule has 0 saturated carbocycles. The zero-order chi connectivity index (χ0) is 17.7. The van der Waals surface area contributed by atoms with Crippen LogP contribution in [0.3, 0.4) is 0 Å². The Morgan fingerprint density at radius 2 is 2.29 bits per heavy atom. The second-order valence-electron chi connectivity index (χ2n) is 5.07. The number of carbonyl (C=O) groups is 1. The van der Waals surface area contributed by atoms with Gasteiger partial charge in [0.05, 0.1) is 20.9 Å². The minimum absolute atomic E-state index is 0.123. The van der Waals surface area contributed by atoms with E-state index in [1.165, 1.54) is 30.0 Å². The minimum Gasteiger partial charge on any atom is -0.326 e. The van der Waals surface area contributed by atoms with Crippen LogP contribution in [0.15, 0.2) is 35.7 Å². The van der Waals surface area contributed by atoms with Gasteiger partial charge in [-0.2, -0.15) is 0 Å². The Morgan fingerprint density at radius 1 is 1.54 bits per heavy atom. The van der Waals surface area contributed by atoms with Crippen LogP contribution in [-0.2, 0) is 11.3 Å². The maximum absolute atomic E-state index is 12.3. The van der Waals surface area contributed by atoms with E-state index in [2.05, 4.69) is 17.2 Å². The molecular weight excluding hydrogens is 352 g/mol. The average Bonchev–Trinajstić information content (AvgIpc) is 2.96. The van der Waals surface area contributed by atoms with Crippen molar-refractivity contribution >= 4 is 40.6 Å². The van der Waals surface area contributed by atoms with Crippen LogP contribution in [0.4, 0.5) is 11.4 Å². The lowest BCUT2D eigenvalue weighted by Crippen LogP contribution is -2.23. The Balaban J connectivity index is 2.03. The first kappa shape index (κ1) is 18.3. The summed E-state index contributed by atoms with van der Waals surface area (Å²) < 4.78 is 1.99. The van der Waals surface area contributed by atoms with Gasteiger partial charge in [-0.3, -0.25) is 14.9 Å². The monoisotopic (exact) mass is 368 g/mol. The van der Waals surface area contributed by atoms with E-state index in [1.807, 2.05) is 10.8 Å². The van der Waals surface area contributed by atoms with E-state index in [-0.39, 0.29) is 16.6 Å². The lowest BCUT2D eigenvalue weighted by atomic mass is 10.2. The molecular formula is C15H17ClN4O3S. The minimum atomic E-state index is -0.538. The first-order valence-electron chi connectivity index (χ1n) is 7.35. The van der Waals surface area contributed by atoms with Crippen molar-refractivity contribution in [3.63, 3.8) is 0 Å². The van der Waals surface area contributed by atoms with Crippen molar-refractivity contribution < 1.29 is 9.72 Å². The average molecular weight is 369 g/mol. The molecule has 1 amide bonds. The molecule has 9 heteroatoms. The molecule has 1 heterocycles. The zero-order valence-electron chi connectivity index (χ0n) is 13.2. The van der Waals surface area contributed by atoms with Gasteiger partial charge in [0.2, 0.25) is 5.91 Å². The number of hydrogen-bond donors (Lipinski definition) is 1. The largest absolute Gasteiger partial charge is 0.326 e. The summed E-state index contributed by atoms with van der Waals surface area (Å²) >= 11 is 7.34. The number of hydrogen-bond acceptors (Lipinski definition) is 5. The van der Waals surface area contributed by atoms with Crippen molar-refractivity contribution in [2.24, 2.45) is 0 Å². The fourth-order valence-corrected chi connectivity index (χ4v) is 3.10. The van der Waals surface area contributed by atoms with E-state index in [9.17, 15) is 14.9 Å². The van der Waals surface area contributed by atoms with Crippen molar-refractivity contribution in [1.29, 1.82) is 0 Å². The number of non-ortho nitro benzene ring substituents is 1. The van der Waals surface area contributed by atoms with Crippen molar-refractivity contribution in [3.05, 3.63) is 45.7 Å². The van der Waals surface area contributed by atoms with E-state index < -0.39 is 10.2 Å². The number of nitrogens with zero attached hydrogens (tertiary/aromatic N) is 3. The Morgan fingerprint density at radius 3 is 2.92 bits per heavy atom. The standard InChI is InChI=1S/C15H17ClN4O3S/c1-3-7-19-8-6-17-15(19)24-10(2)14(21)18-13-5-4-11(20(22)23)9-12(13)16/h4-6,8-10H,3,7H2,1-2H3,(H,18,21). The number of benzene rings is 1. The normalized spacial score (nSPS) is 12.0. The van der Waals surface area contributed by atoms with Crippen LogP contribution in [0.2, 0.25) is 5.02 Å². The number of nitro benzene ring substituents is 1. The molecule has 1 aromatic heterocycles. The van der Waals surface area contributed by atoms with Gasteiger partial charge in [0.15, 0.2) is 5.16 Å². The molecule has 1 N–H and O–H groups in total. The maximum atomic E-state index is 12.3.